The Morgan fingerprint density at radius 1 is 1.03 bits per heavy atom. The number of benzene rings is 2. The van der Waals surface area contributed by atoms with Crippen molar-refractivity contribution >= 4 is 6.03 Å². The molecule has 0 aliphatic carbocycles. The number of nitrogens with zero attached hydrogens (tertiary/aromatic N) is 2. The number of hydrogen-bond acceptors (Lipinski definition) is 2. The van der Waals surface area contributed by atoms with E-state index in [-0.39, 0.29) is 19.7 Å². The van der Waals surface area contributed by atoms with Gasteiger partial charge in [0.2, 0.25) is 0 Å². The summed E-state index contributed by atoms with van der Waals surface area (Å²) < 4.78 is 38.8. The molecule has 2 amide bonds. The zero-order chi connectivity index (χ0) is 21.3. The van der Waals surface area contributed by atoms with Crippen LogP contribution in [0.15, 0.2) is 48.5 Å². The van der Waals surface area contributed by atoms with Crippen molar-refractivity contribution < 1.29 is 19.4 Å². The molecule has 2 bridgehead atoms. The number of carbonyl (C=O) groups is 1. The first-order valence-corrected chi connectivity index (χ1v) is 10.4. The molecule has 0 aromatic heterocycles. The highest BCUT2D eigenvalue weighted by Crippen LogP contribution is 2.40. The van der Waals surface area contributed by atoms with Gasteiger partial charge in [0.15, 0.2) is 0 Å². The summed E-state index contributed by atoms with van der Waals surface area (Å²) in [6.45, 7) is 1.80. The summed E-state index contributed by atoms with van der Waals surface area (Å²) in [7, 11) is 0. The van der Waals surface area contributed by atoms with Crippen LogP contribution in [0.3, 0.4) is 0 Å². The minimum absolute atomic E-state index is 0. The first kappa shape index (κ1) is 20.7. The van der Waals surface area contributed by atoms with Crippen molar-refractivity contribution in [3.63, 3.8) is 0 Å². The van der Waals surface area contributed by atoms with Gasteiger partial charge in [0.05, 0.1) is 6.04 Å². The number of carbonyl (C=O) groups excluding carboxylic acids is 1. The summed E-state index contributed by atoms with van der Waals surface area (Å²) in [5.74, 6) is 0.0171. The molecule has 0 radical (unpaired) electrons. The molecule has 162 valence electrons. The number of fused-ring (bicyclic) bond motifs is 4. The van der Waals surface area contributed by atoms with Gasteiger partial charge in [-0.3, -0.25) is 0 Å². The fourth-order valence-electron chi connectivity index (χ4n) is 4.75. The molecular formula is C23H28F3N3O. The fourth-order valence-corrected chi connectivity index (χ4v) is 4.75. The van der Waals surface area contributed by atoms with E-state index in [1.807, 2.05) is 18.2 Å². The van der Waals surface area contributed by atoms with E-state index < -0.39 is 12.1 Å². The van der Waals surface area contributed by atoms with Gasteiger partial charge in [-0.15, -0.1) is 0 Å². The lowest BCUT2D eigenvalue weighted by molar-refractivity contribution is -0.204. The number of nitrogens with two attached hydrogens (primary N) is 1. The molecule has 0 saturated carbocycles. The molecule has 7 heteroatoms. The van der Waals surface area contributed by atoms with E-state index in [0.717, 1.165) is 30.4 Å². The van der Waals surface area contributed by atoms with Gasteiger partial charge in [-0.2, -0.15) is 8.78 Å². The normalized spacial score (nSPS) is 26.4. The predicted molar refractivity (Wildman–Crippen MR) is 111 cm³/mol. The largest absolute Gasteiger partial charge is 0.351 e. The molecule has 0 spiro atoms. The van der Waals surface area contributed by atoms with Gasteiger partial charge < -0.3 is 10.6 Å². The summed E-state index contributed by atoms with van der Waals surface area (Å²) in [6, 6.07) is 11.1. The highest BCUT2D eigenvalue weighted by Gasteiger charge is 2.46. The Labute approximate surface area is 175 Å². The van der Waals surface area contributed by atoms with Crippen LogP contribution in [0.4, 0.5) is 18.0 Å². The van der Waals surface area contributed by atoms with Crippen LogP contribution >= 0.6 is 0 Å². The van der Waals surface area contributed by atoms with Gasteiger partial charge in [-0.1, -0.05) is 36.4 Å². The van der Waals surface area contributed by atoms with Crippen LogP contribution in [0.5, 0.6) is 0 Å². The van der Waals surface area contributed by atoms with Crippen LogP contribution in [0.25, 0.3) is 0 Å². The second kappa shape index (κ2) is 8.30. The van der Waals surface area contributed by atoms with E-state index in [0.29, 0.717) is 25.6 Å². The number of urea groups is 1. The third kappa shape index (κ3) is 4.17. The summed E-state index contributed by atoms with van der Waals surface area (Å²) in [6.07, 6.45) is 2.86. The Kier molecular flexibility index (Phi) is 5.73. The Hall–Kier alpha value is -2.54. The molecule has 4 aliphatic rings. The number of piperidine rings is 3. The lowest BCUT2D eigenvalue weighted by Gasteiger charge is -2.44. The van der Waals surface area contributed by atoms with E-state index in [4.69, 9.17) is 5.73 Å². The lowest BCUT2D eigenvalue weighted by Crippen LogP contribution is -2.53. The molecule has 4 heterocycles. The number of halogens is 3. The molecule has 3 fully saturated rings. The third-order valence-corrected chi connectivity index (χ3v) is 6.36. The summed E-state index contributed by atoms with van der Waals surface area (Å²) in [4.78, 5) is 14.6. The molecule has 4 nitrogen and oxygen atoms in total. The molecule has 3 saturated heterocycles. The van der Waals surface area contributed by atoms with E-state index in [1.165, 1.54) is 22.6 Å². The highest BCUT2D eigenvalue weighted by molar-refractivity contribution is 5.74. The van der Waals surface area contributed by atoms with Gasteiger partial charge in [0.1, 0.15) is 5.82 Å². The van der Waals surface area contributed by atoms with Crippen molar-refractivity contribution in [2.75, 3.05) is 19.6 Å². The van der Waals surface area contributed by atoms with Crippen LogP contribution in [0.2, 0.25) is 0 Å². The van der Waals surface area contributed by atoms with Crippen molar-refractivity contribution in [1.82, 2.24) is 9.80 Å². The molecule has 4 aliphatic heterocycles. The van der Waals surface area contributed by atoms with E-state index >= 15 is 0 Å². The van der Waals surface area contributed by atoms with Crippen LogP contribution < -0.4 is 5.73 Å². The maximum absolute atomic E-state index is 13.1. The smallest absolute Gasteiger partial charge is 0.315 e. The Balaban J connectivity index is 0.000000208. The predicted octanol–water partition coefficient (Wildman–Crippen LogP) is 4.79. The second-order valence-corrected chi connectivity index (χ2v) is 8.23. The molecular weight excluding hydrogens is 391 g/mol. The van der Waals surface area contributed by atoms with Crippen molar-refractivity contribution in [1.29, 1.82) is 0 Å². The number of alkyl halides is 2. The standard InChI is InChI=1S/C16H15FN2O.C7H11F2N.H2/c17-13-7-5-12(6-8-13)15-14-4-2-1-3-11(14)9-10-19(15)16(18)20;8-7(9)5-6-1-3-10(7)4-2-6;/h1-8,15H,9-10H2,(H2,18,20);6H,1-5H2;1H/t15-;;/m0../s1. The lowest BCUT2D eigenvalue weighted by atomic mass is 9.87. The van der Waals surface area contributed by atoms with Crippen molar-refractivity contribution in [3.05, 3.63) is 71.0 Å². The number of rotatable bonds is 1. The van der Waals surface area contributed by atoms with E-state index in [9.17, 15) is 18.0 Å². The number of primary amides is 1. The maximum atomic E-state index is 13.1. The minimum Gasteiger partial charge on any atom is -0.351 e. The first-order chi connectivity index (χ1) is 14.3. The molecule has 2 aromatic carbocycles. The average molecular weight is 419 g/mol. The third-order valence-electron chi connectivity index (χ3n) is 6.36. The van der Waals surface area contributed by atoms with Crippen LogP contribution in [-0.4, -0.2) is 41.5 Å². The van der Waals surface area contributed by atoms with Crippen LogP contribution in [0, 0.1) is 11.7 Å². The quantitative estimate of drug-likeness (QED) is 0.676. The van der Waals surface area contributed by atoms with E-state index in [1.54, 1.807) is 17.0 Å². The first-order valence-electron chi connectivity index (χ1n) is 10.4. The van der Waals surface area contributed by atoms with Gasteiger partial charge in [-0.25, -0.2) is 14.1 Å². The summed E-state index contributed by atoms with van der Waals surface area (Å²) >= 11 is 0. The monoisotopic (exact) mass is 419 g/mol. The molecule has 2 N–H and O–H groups in total. The molecule has 1 atom stereocenters. The minimum atomic E-state index is -2.47. The van der Waals surface area contributed by atoms with Crippen molar-refractivity contribution in [2.24, 2.45) is 11.7 Å². The Morgan fingerprint density at radius 3 is 2.23 bits per heavy atom. The van der Waals surface area contributed by atoms with Crippen LogP contribution in [0.1, 0.15) is 43.4 Å². The van der Waals surface area contributed by atoms with Crippen molar-refractivity contribution in [2.45, 2.75) is 37.8 Å². The van der Waals surface area contributed by atoms with Gasteiger partial charge in [0.25, 0.3) is 0 Å². The topological polar surface area (TPSA) is 49.6 Å². The molecule has 0 unspecified atom stereocenters. The number of hydrogen-bond donors (Lipinski definition) is 1. The number of amides is 2. The van der Waals surface area contributed by atoms with Gasteiger partial charge in [-0.05, 0) is 54.0 Å². The molecule has 30 heavy (non-hydrogen) atoms. The zero-order valence-corrected chi connectivity index (χ0v) is 16.7. The van der Waals surface area contributed by atoms with Crippen LogP contribution in [-0.2, 0) is 6.42 Å². The van der Waals surface area contributed by atoms with E-state index in [2.05, 4.69) is 6.07 Å². The fraction of sp³-hybridized carbons (Fsp3) is 0.435. The molecule has 6 rings (SSSR count). The Morgan fingerprint density at radius 2 is 1.70 bits per heavy atom. The summed E-state index contributed by atoms with van der Waals surface area (Å²) in [5, 5.41) is 0. The summed E-state index contributed by atoms with van der Waals surface area (Å²) in [5.41, 5.74) is 8.63. The van der Waals surface area contributed by atoms with Crippen molar-refractivity contribution in [3.8, 4) is 0 Å². The highest BCUT2D eigenvalue weighted by atomic mass is 19.3. The molecule has 2 aromatic rings. The Bertz CT molecular complexity index is 901. The zero-order valence-electron chi connectivity index (χ0n) is 16.7. The van der Waals surface area contributed by atoms with Gasteiger partial charge in [0, 0.05) is 27.5 Å². The van der Waals surface area contributed by atoms with Gasteiger partial charge >= 0.3 is 12.1 Å². The maximum Gasteiger partial charge on any atom is 0.315 e. The SMILES string of the molecule is FC1(F)CC2CCN1CC2.NC(=O)N1CCc2ccccc2[C@@H]1c1ccc(F)cc1.[HH]. The second-order valence-electron chi connectivity index (χ2n) is 8.23. The average Bonchev–Trinajstić information content (AvgIpc) is 2.74.